The number of fused-ring (bicyclic) bond motifs is 1. The van der Waals surface area contributed by atoms with Crippen LogP contribution < -0.4 is 5.32 Å². The van der Waals surface area contributed by atoms with E-state index in [0.29, 0.717) is 23.7 Å². The van der Waals surface area contributed by atoms with Gasteiger partial charge in [-0.05, 0) is 37.6 Å². The summed E-state index contributed by atoms with van der Waals surface area (Å²) in [6.45, 7) is 4.46. The molecule has 126 valence electrons. The summed E-state index contributed by atoms with van der Waals surface area (Å²) in [4.78, 5) is 4.56. The van der Waals surface area contributed by atoms with Crippen LogP contribution in [0, 0.1) is 6.92 Å². The standard InChI is InChI=1S/C17H19N3O3S/c1-12(24(21,22)15-6-4-3-5-7-15)9-18-10-14-8-16-13(2)20-23-17(16)19-11-14/h3-8,11-12,18H,9-10H2,1-2H3. The normalized spacial score (nSPS) is 13.2. The molecule has 1 unspecified atom stereocenters. The van der Waals surface area contributed by atoms with Crippen molar-refractivity contribution in [2.75, 3.05) is 6.54 Å². The molecule has 1 aromatic carbocycles. The lowest BCUT2D eigenvalue weighted by Gasteiger charge is -2.14. The van der Waals surface area contributed by atoms with E-state index in [4.69, 9.17) is 4.52 Å². The Morgan fingerprint density at radius 3 is 2.75 bits per heavy atom. The molecule has 0 bridgehead atoms. The molecule has 0 amide bonds. The minimum Gasteiger partial charge on any atom is -0.336 e. The summed E-state index contributed by atoms with van der Waals surface area (Å²) < 4.78 is 30.1. The maximum Gasteiger partial charge on any atom is 0.257 e. The van der Waals surface area contributed by atoms with Crippen molar-refractivity contribution >= 4 is 20.9 Å². The van der Waals surface area contributed by atoms with Gasteiger partial charge in [0.15, 0.2) is 9.84 Å². The predicted octanol–water partition coefficient (Wildman–Crippen LogP) is 2.48. The molecule has 0 radical (unpaired) electrons. The zero-order chi connectivity index (χ0) is 17.2. The molecule has 1 N–H and O–H groups in total. The van der Waals surface area contributed by atoms with Crippen molar-refractivity contribution in [2.45, 2.75) is 30.5 Å². The highest BCUT2D eigenvalue weighted by Gasteiger charge is 2.22. The van der Waals surface area contributed by atoms with Gasteiger partial charge in [0.1, 0.15) is 0 Å². The summed E-state index contributed by atoms with van der Waals surface area (Å²) in [7, 11) is -3.33. The fourth-order valence-corrected chi connectivity index (χ4v) is 3.80. The van der Waals surface area contributed by atoms with Crippen LogP contribution in [0.1, 0.15) is 18.2 Å². The average Bonchev–Trinajstić information content (AvgIpc) is 2.96. The lowest BCUT2D eigenvalue weighted by Crippen LogP contribution is -2.31. The van der Waals surface area contributed by atoms with E-state index >= 15 is 0 Å². The van der Waals surface area contributed by atoms with Gasteiger partial charge in [-0.25, -0.2) is 13.4 Å². The first-order valence-electron chi connectivity index (χ1n) is 7.69. The SMILES string of the molecule is Cc1noc2ncc(CNCC(C)S(=O)(=O)c3ccccc3)cc12. The van der Waals surface area contributed by atoms with Crippen LogP contribution in [0.3, 0.4) is 0 Å². The van der Waals surface area contributed by atoms with Crippen molar-refractivity contribution < 1.29 is 12.9 Å². The topological polar surface area (TPSA) is 85.1 Å². The molecule has 2 heterocycles. The van der Waals surface area contributed by atoms with Gasteiger partial charge in [-0.3, -0.25) is 0 Å². The van der Waals surface area contributed by atoms with Gasteiger partial charge in [0.25, 0.3) is 5.71 Å². The monoisotopic (exact) mass is 345 g/mol. The van der Waals surface area contributed by atoms with E-state index < -0.39 is 15.1 Å². The van der Waals surface area contributed by atoms with Crippen molar-refractivity contribution in [2.24, 2.45) is 0 Å². The Balaban J connectivity index is 1.63. The molecule has 3 aromatic rings. The number of sulfone groups is 1. The summed E-state index contributed by atoms with van der Waals surface area (Å²) in [6.07, 6.45) is 1.70. The average molecular weight is 345 g/mol. The third-order valence-corrected chi connectivity index (χ3v) is 6.08. The first kappa shape index (κ1) is 16.6. The van der Waals surface area contributed by atoms with Crippen molar-refractivity contribution in [1.82, 2.24) is 15.5 Å². The zero-order valence-corrected chi connectivity index (χ0v) is 14.4. The second-order valence-electron chi connectivity index (χ2n) is 5.76. The molecule has 2 aromatic heterocycles. The Morgan fingerprint density at radius 2 is 2.00 bits per heavy atom. The molecule has 0 aliphatic rings. The van der Waals surface area contributed by atoms with E-state index in [0.717, 1.165) is 16.6 Å². The Kier molecular flexibility index (Phi) is 4.64. The molecule has 0 saturated heterocycles. The molecule has 0 spiro atoms. The lowest BCUT2D eigenvalue weighted by atomic mass is 10.2. The van der Waals surface area contributed by atoms with Crippen LogP contribution in [-0.2, 0) is 16.4 Å². The number of rotatable bonds is 6. The van der Waals surface area contributed by atoms with Crippen LogP contribution in [0.4, 0.5) is 0 Å². The molecule has 0 fully saturated rings. The molecular formula is C17H19N3O3S. The highest BCUT2D eigenvalue weighted by atomic mass is 32.2. The number of aryl methyl sites for hydroxylation is 1. The van der Waals surface area contributed by atoms with Gasteiger partial charge in [0, 0.05) is 19.3 Å². The molecular weight excluding hydrogens is 326 g/mol. The maximum absolute atomic E-state index is 12.5. The molecule has 6 nitrogen and oxygen atoms in total. The largest absolute Gasteiger partial charge is 0.336 e. The summed E-state index contributed by atoms with van der Waals surface area (Å²) in [6, 6.07) is 10.5. The van der Waals surface area contributed by atoms with Gasteiger partial charge in [0.05, 0.1) is 21.2 Å². The van der Waals surface area contributed by atoms with Gasteiger partial charge in [0.2, 0.25) is 0 Å². The molecule has 3 rings (SSSR count). The number of pyridine rings is 1. The van der Waals surface area contributed by atoms with E-state index in [2.05, 4.69) is 15.5 Å². The van der Waals surface area contributed by atoms with Crippen LogP contribution in [-0.4, -0.2) is 30.4 Å². The Hall–Kier alpha value is -2.25. The van der Waals surface area contributed by atoms with Crippen molar-refractivity contribution in [3.8, 4) is 0 Å². The zero-order valence-electron chi connectivity index (χ0n) is 13.6. The van der Waals surface area contributed by atoms with E-state index in [1.54, 1.807) is 43.5 Å². The highest BCUT2D eigenvalue weighted by molar-refractivity contribution is 7.92. The third kappa shape index (κ3) is 3.32. The van der Waals surface area contributed by atoms with Crippen LogP contribution in [0.5, 0.6) is 0 Å². The number of benzene rings is 1. The van der Waals surface area contributed by atoms with Crippen LogP contribution in [0.2, 0.25) is 0 Å². The summed E-state index contributed by atoms with van der Waals surface area (Å²) in [5, 5.41) is 7.41. The van der Waals surface area contributed by atoms with Gasteiger partial charge in [-0.15, -0.1) is 0 Å². The maximum atomic E-state index is 12.5. The number of nitrogens with zero attached hydrogens (tertiary/aromatic N) is 2. The number of hydrogen-bond acceptors (Lipinski definition) is 6. The minimum absolute atomic E-state index is 0.350. The van der Waals surface area contributed by atoms with Crippen molar-refractivity contribution in [3.63, 3.8) is 0 Å². The quantitative estimate of drug-likeness (QED) is 0.739. The molecule has 24 heavy (non-hydrogen) atoms. The molecule has 0 aliphatic heterocycles. The Bertz CT molecular complexity index is 936. The summed E-state index contributed by atoms with van der Waals surface area (Å²) >= 11 is 0. The number of hydrogen-bond donors (Lipinski definition) is 1. The second-order valence-corrected chi connectivity index (χ2v) is 8.13. The summed E-state index contributed by atoms with van der Waals surface area (Å²) in [5.74, 6) is 0. The third-order valence-electron chi connectivity index (χ3n) is 3.93. The van der Waals surface area contributed by atoms with Gasteiger partial charge < -0.3 is 9.84 Å². The van der Waals surface area contributed by atoms with Crippen LogP contribution in [0.15, 0.2) is 52.0 Å². The van der Waals surface area contributed by atoms with E-state index in [-0.39, 0.29) is 0 Å². The minimum atomic E-state index is -3.33. The number of aromatic nitrogens is 2. The van der Waals surface area contributed by atoms with Gasteiger partial charge in [-0.2, -0.15) is 0 Å². The van der Waals surface area contributed by atoms with Crippen molar-refractivity contribution in [1.29, 1.82) is 0 Å². The molecule has 1 atom stereocenters. The fourth-order valence-electron chi connectivity index (χ4n) is 2.46. The van der Waals surface area contributed by atoms with Crippen LogP contribution >= 0.6 is 0 Å². The fraction of sp³-hybridized carbons (Fsp3) is 0.294. The summed E-state index contributed by atoms with van der Waals surface area (Å²) in [5.41, 5.74) is 2.26. The second kappa shape index (κ2) is 6.70. The predicted molar refractivity (Wildman–Crippen MR) is 91.3 cm³/mol. The van der Waals surface area contributed by atoms with E-state index in [1.807, 2.05) is 13.0 Å². The first-order valence-corrected chi connectivity index (χ1v) is 9.23. The van der Waals surface area contributed by atoms with Gasteiger partial charge >= 0.3 is 0 Å². The van der Waals surface area contributed by atoms with Crippen LogP contribution in [0.25, 0.3) is 11.1 Å². The smallest absolute Gasteiger partial charge is 0.257 e. The number of nitrogens with one attached hydrogen (secondary N) is 1. The lowest BCUT2D eigenvalue weighted by molar-refractivity contribution is 0.443. The molecule has 7 heteroatoms. The Morgan fingerprint density at radius 1 is 1.25 bits per heavy atom. The van der Waals surface area contributed by atoms with E-state index in [9.17, 15) is 8.42 Å². The van der Waals surface area contributed by atoms with E-state index in [1.165, 1.54) is 0 Å². The van der Waals surface area contributed by atoms with Crippen molar-refractivity contribution in [3.05, 3.63) is 53.9 Å². The molecule has 0 aliphatic carbocycles. The Labute approximate surface area is 140 Å². The highest BCUT2D eigenvalue weighted by Crippen LogP contribution is 2.17. The molecule has 0 saturated carbocycles. The first-order chi connectivity index (χ1) is 11.5. The van der Waals surface area contributed by atoms with Gasteiger partial charge in [-0.1, -0.05) is 23.4 Å².